The molecule has 0 saturated carbocycles. The van der Waals surface area contributed by atoms with Gasteiger partial charge in [0.25, 0.3) is 0 Å². The van der Waals surface area contributed by atoms with Crippen LogP contribution < -0.4 is 11.4 Å². The summed E-state index contributed by atoms with van der Waals surface area (Å²) in [6, 6.07) is 6.73. The Bertz CT molecular complexity index is 744. The fourth-order valence-electron chi connectivity index (χ4n) is 1.62. The number of terminal acetylenes is 1. The van der Waals surface area contributed by atoms with Crippen LogP contribution in [-0.4, -0.2) is 27.1 Å². The molecule has 0 radical (unpaired) electrons. The first-order valence-corrected chi connectivity index (χ1v) is 5.74. The van der Waals surface area contributed by atoms with Gasteiger partial charge in [0, 0.05) is 0 Å². The number of H-pyrrole nitrogens is 2. The fourth-order valence-corrected chi connectivity index (χ4v) is 1.62. The maximum atomic E-state index is 11.4. The topological polar surface area (TPSA) is 92.2 Å². The van der Waals surface area contributed by atoms with E-state index in [1.54, 1.807) is 31.2 Å². The smallest absolute Gasteiger partial charge is 0.348 e. The molecule has 0 fully saturated rings. The zero-order chi connectivity index (χ0) is 14.5. The lowest BCUT2D eigenvalue weighted by Crippen LogP contribution is -2.24. The molecule has 2 N–H and O–H groups in total. The van der Waals surface area contributed by atoms with Crippen LogP contribution in [0.5, 0.6) is 0 Å². The molecule has 0 aliphatic carbocycles. The summed E-state index contributed by atoms with van der Waals surface area (Å²) < 4.78 is 0.991. The molecule has 0 unspecified atom stereocenters. The third-order valence-corrected chi connectivity index (χ3v) is 2.58. The predicted molar refractivity (Wildman–Crippen MR) is 74.0 cm³/mol. The largest absolute Gasteiger partial charge is 0.382 e. The van der Waals surface area contributed by atoms with Crippen LogP contribution in [0, 0.1) is 12.3 Å². The van der Waals surface area contributed by atoms with Gasteiger partial charge in [0.1, 0.15) is 0 Å². The number of hydrogen-bond acceptors (Lipinski definition) is 4. The first-order valence-electron chi connectivity index (χ1n) is 5.74. The zero-order valence-electron chi connectivity index (χ0n) is 10.7. The van der Waals surface area contributed by atoms with Gasteiger partial charge in [0.15, 0.2) is 6.61 Å². The molecule has 1 aromatic heterocycles. The second-order valence-electron chi connectivity index (χ2n) is 3.90. The van der Waals surface area contributed by atoms with E-state index in [2.05, 4.69) is 21.3 Å². The number of benzene rings is 1. The van der Waals surface area contributed by atoms with Crippen molar-refractivity contribution in [3.8, 4) is 18.0 Å². The summed E-state index contributed by atoms with van der Waals surface area (Å²) in [5, 5.41) is 8.27. The van der Waals surface area contributed by atoms with Crippen molar-refractivity contribution in [3.05, 3.63) is 50.8 Å². The van der Waals surface area contributed by atoms with Crippen molar-refractivity contribution < 1.29 is 4.84 Å². The van der Waals surface area contributed by atoms with Gasteiger partial charge < -0.3 is 4.84 Å². The third kappa shape index (κ3) is 2.70. The van der Waals surface area contributed by atoms with Crippen LogP contribution in [0.1, 0.15) is 12.5 Å². The molecule has 2 rings (SSSR count). The average molecular weight is 272 g/mol. The normalized spacial score (nSPS) is 11.1. The molecule has 0 spiro atoms. The summed E-state index contributed by atoms with van der Waals surface area (Å²) in [5.41, 5.74) is 0.850. The quantitative estimate of drug-likeness (QED) is 0.361. The summed E-state index contributed by atoms with van der Waals surface area (Å²) in [6.07, 6.45) is 5.04. The van der Waals surface area contributed by atoms with Gasteiger partial charge in [-0.2, -0.15) is 0 Å². The Labute approximate surface area is 113 Å². The lowest BCUT2D eigenvalue weighted by molar-refractivity contribution is 0.180. The van der Waals surface area contributed by atoms with Crippen molar-refractivity contribution in [1.82, 2.24) is 14.8 Å². The number of nitrogens with zero attached hydrogens (tertiary/aromatic N) is 2. The molecule has 102 valence electrons. The van der Waals surface area contributed by atoms with E-state index in [0.717, 1.165) is 10.1 Å². The number of hydrogen-bond donors (Lipinski definition) is 2. The summed E-state index contributed by atoms with van der Waals surface area (Å²) >= 11 is 0. The van der Waals surface area contributed by atoms with Gasteiger partial charge in [-0.25, -0.2) is 24.4 Å². The Hall–Kier alpha value is -3.01. The Balaban J connectivity index is 2.28. The highest BCUT2D eigenvalue weighted by atomic mass is 16.6. The van der Waals surface area contributed by atoms with E-state index in [4.69, 9.17) is 11.3 Å². The van der Waals surface area contributed by atoms with Crippen LogP contribution in [0.3, 0.4) is 0 Å². The van der Waals surface area contributed by atoms with Crippen LogP contribution in [-0.2, 0) is 4.84 Å². The van der Waals surface area contributed by atoms with Gasteiger partial charge in [-0.1, -0.05) is 23.2 Å². The summed E-state index contributed by atoms with van der Waals surface area (Å²) in [7, 11) is 0. The molecule has 1 heterocycles. The SMILES string of the molecule is C#CCO/N=C(/C)c1ccc(-n2c(=O)[nH][nH]c2=O)cc1. The van der Waals surface area contributed by atoms with E-state index < -0.39 is 11.4 Å². The zero-order valence-corrected chi connectivity index (χ0v) is 10.7. The molecular weight excluding hydrogens is 260 g/mol. The molecule has 0 amide bonds. The minimum Gasteiger partial charge on any atom is -0.382 e. The molecule has 0 aliphatic heterocycles. The van der Waals surface area contributed by atoms with Crippen molar-refractivity contribution in [2.45, 2.75) is 6.92 Å². The molecule has 7 heteroatoms. The molecule has 20 heavy (non-hydrogen) atoms. The summed E-state index contributed by atoms with van der Waals surface area (Å²) in [5.74, 6) is 2.31. The Kier molecular flexibility index (Phi) is 3.86. The van der Waals surface area contributed by atoms with Crippen LogP contribution in [0.4, 0.5) is 0 Å². The highest BCUT2D eigenvalue weighted by Crippen LogP contribution is 2.07. The van der Waals surface area contributed by atoms with E-state index >= 15 is 0 Å². The molecule has 0 bridgehead atoms. The first kappa shape index (κ1) is 13.4. The molecule has 1 aromatic carbocycles. The van der Waals surface area contributed by atoms with Crippen molar-refractivity contribution in [2.75, 3.05) is 6.61 Å². The van der Waals surface area contributed by atoms with Crippen molar-refractivity contribution in [2.24, 2.45) is 5.16 Å². The fraction of sp³-hybridized carbons (Fsp3) is 0.154. The Morgan fingerprint density at radius 3 is 2.45 bits per heavy atom. The monoisotopic (exact) mass is 272 g/mol. The van der Waals surface area contributed by atoms with Crippen LogP contribution >= 0.6 is 0 Å². The first-order chi connectivity index (χ1) is 9.63. The Morgan fingerprint density at radius 2 is 1.90 bits per heavy atom. The second kappa shape index (κ2) is 5.75. The molecule has 0 saturated heterocycles. The van der Waals surface area contributed by atoms with E-state index in [1.165, 1.54) is 0 Å². The maximum Gasteiger partial charge on any atom is 0.348 e. The number of aromatic nitrogens is 3. The van der Waals surface area contributed by atoms with Crippen molar-refractivity contribution in [1.29, 1.82) is 0 Å². The Morgan fingerprint density at radius 1 is 1.30 bits per heavy atom. The van der Waals surface area contributed by atoms with Crippen molar-refractivity contribution >= 4 is 5.71 Å². The molecule has 2 aromatic rings. The number of rotatable bonds is 4. The van der Waals surface area contributed by atoms with Gasteiger partial charge >= 0.3 is 11.4 Å². The van der Waals surface area contributed by atoms with E-state index in [9.17, 15) is 9.59 Å². The van der Waals surface area contributed by atoms with E-state index in [-0.39, 0.29) is 6.61 Å². The minimum atomic E-state index is -0.523. The highest BCUT2D eigenvalue weighted by molar-refractivity contribution is 5.98. The van der Waals surface area contributed by atoms with Gasteiger partial charge in [0.2, 0.25) is 0 Å². The summed E-state index contributed by atoms with van der Waals surface area (Å²) in [6.45, 7) is 1.87. The van der Waals surface area contributed by atoms with Crippen molar-refractivity contribution in [3.63, 3.8) is 0 Å². The van der Waals surface area contributed by atoms with Crippen LogP contribution in [0.15, 0.2) is 39.0 Å². The van der Waals surface area contributed by atoms with Crippen LogP contribution in [0.2, 0.25) is 0 Å². The summed E-state index contributed by atoms with van der Waals surface area (Å²) in [4.78, 5) is 27.8. The van der Waals surface area contributed by atoms with Gasteiger partial charge in [0.05, 0.1) is 11.4 Å². The van der Waals surface area contributed by atoms with Gasteiger partial charge in [-0.05, 0) is 24.6 Å². The van der Waals surface area contributed by atoms with E-state index in [1.807, 2.05) is 0 Å². The van der Waals surface area contributed by atoms with Gasteiger partial charge in [-0.15, -0.1) is 6.42 Å². The number of aromatic amines is 2. The standard InChI is InChI=1S/C13H12N4O3/c1-3-8-20-16-9(2)10-4-6-11(7-5-10)17-12(18)14-15-13(17)19/h1,4-7H,8H2,2H3,(H,14,18)(H,15,19)/b16-9-. The molecule has 7 nitrogen and oxygen atoms in total. The lowest BCUT2D eigenvalue weighted by atomic mass is 10.1. The minimum absolute atomic E-state index is 0.101. The van der Waals surface area contributed by atoms with E-state index in [0.29, 0.717) is 11.4 Å². The highest BCUT2D eigenvalue weighted by Gasteiger charge is 2.06. The lowest BCUT2D eigenvalue weighted by Gasteiger charge is -2.03. The van der Waals surface area contributed by atoms with Crippen LogP contribution in [0.25, 0.3) is 5.69 Å². The molecule has 0 aliphatic rings. The molecule has 0 atom stereocenters. The predicted octanol–water partition coefficient (Wildman–Crippen LogP) is 0.228. The number of oxime groups is 1. The van der Waals surface area contributed by atoms with Gasteiger partial charge in [-0.3, -0.25) is 0 Å². The third-order valence-electron chi connectivity index (χ3n) is 2.58. The second-order valence-corrected chi connectivity index (χ2v) is 3.90. The number of nitrogens with one attached hydrogen (secondary N) is 2. The maximum absolute atomic E-state index is 11.4. The average Bonchev–Trinajstić information content (AvgIpc) is 2.78. The molecular formula is C13H12N4O3.